The highest BCUT2D eigenvalue weighted by molar-refractivity contribution is 6.16. The van der Waals surface area contributed by atoms with Crippen LogP contribution in [0.25, 0.3) is 10.9 Å². The highest BCUT2D eigenvalue weighted by atomic mass is 16.5. The van der Waals surface area contributed by atoms with Crippen LogP contribution in [0.2, 0.25) is 0 Å². The van der Waals surface area contributed by atoms with E-state index in [1.165, 1.54) is 13.3 Å². The van der Waals surface area contributed by atoms with Crippen LogP contribution in [-0.2, 0) is 16.0 Å². The van der Waals surface area contributed by atoms with Crippen LogP contribution in [0.4, 0.5) is 0 Å². The molecule has 2 aromatic heterocycles. The fourth-order valence-corrected chi connectivity index (χ4v) is 2.76. The fraction of sp³-hybridized carbons (Fsp3) is 0.167. The number of hydrogen-bond acceptors (Lipinski definition) is 5. The minimum absolute atomic E-state index is 0.0252. The highest BCUT2D eigenvalue weighted by Gasteiger charge is 2.44. The lowest BCUT2D eigenvalue weighted by Crippen LogP contribution is -2.57. The lowest BCUT2D eigenvalue weighted by atomic mass is 9.84. The first-order valence-corrected chi connectivity index (χ1v) is 7.43. The van der Waals surface area contributed by atoms with E-state index in [0.29, 0.717) is 0 Å². The van der Waals surface area contributed by atoms with Crippen LogP contribution in [0.3, 0.4) is 0 Å². The third-order valence-corrected chi connectivity index (χ3v) is 4.02. The average molecular weight is 323 g/mol. The number of ketones is 1. The molecule has 0 saturated heterocycles. The first-order chi connectivity index (χ1) is 11.6. The van der Waals surface area contributed by atoms with Crippen molar-refractivity contribution >= 4 is 22.7 Å². The Bertz CT molecular complexity index is 889. The minimum atomic E-state index is -1.82. The quantitative estimate of drug-likeness (QED) is 0.424. The van der Waals surface area contributed by atoms with Gasteiger partial charge in [-0.05, 0) is 23.8 Å². The van der Waals surface area contributed by atoms with Crippen molar-refractivity contribution in [2.75, 3.05) is 7.11 Å². The molecular formula is C18H17N3O3. The molecule has 6 heteroatoms. The van der Waals surface area contributed by atoms with Gasteiger partial charge in [-0.1, -0.05) is 18.2 Å². The van der Waals surface area contributed by atoms with Gasteiger partial charge in [-0.25, -0.2) is 4.79 Å². The van der Waals surface area contributed by atoms with Gasteiger partial charge >= 0.3 is 5.97 Å². The molecule has 0 aliphatic carbocycles. The zero-order valence-corrected chi connectivity index (χ0v) is 13.2. The zero-order chi connectivity index (χ0) is 17.2. The molecule has 0 aliphatic rings. The second-order valence-corrected chi connectivity index (χ2v) is 5.57. The smallest absolute Gasteiger partial charge is 0.334 e. The number of esters is 1. The third kappa shape index (κ3) is 2.68. The van der Waals surface area contributed by atoms with Gasteiger partial charge in [0.2, 0.25) is 0 Å². The lowest BCUT2D eigenvalue weighted by molar-refractivity contribution is -0.145. The number of para-hydroxylation sites is 1. The predicted octanol–water partition coefficient (Wildman–Crippen LogP) is 1.86. The van der Waals surface area contributed by atoms with E-state index in [0.717, 1.165) is 16.5 Å². The number of fused-ring (bicyclic) bond motifs is 1. The Hall–Kier alpha value is -2.99. The summed E-state index contributed by atoms with van der Waals surface area (Å²) in [7, 11) is 1.22. The van der Waals surface area contributed by atoms with Crippen molar-refractivity contribution in [2.24, 2.45) is 5.73 Å². The van der Waals surface area contributed by atoms with Crippen molar-refractivity contribution in [1.29, 1.82) is 0 Å². The largest absolute Gasteiger partial charge is 0.467 e. The molecule has 0 aliphatic heterocycles. The van der Waals surface area contributed by atoms with Crippen molar-refractivity contribution in [3.05, 3.63) is 66.1 Å². The summed E-state index contributed by atoms with van der Waals surface area (Å²) < 4.78 is 4.80. The number of benzene rings is 1. The van der Waals surface area contributed by atoms with E-state index in [9.17, 15) is 9.59 Å². The summed E-state index contributed by atoms with van der Waals surface area (Å²) in [5, 5.41) is 0.912. The van der Waals surface area contributed by atoms with E-state index in [1.807, 2.05) is 24.3 Å². The Kier molecular flexibility index (Phi) is 4.14. The number of hydrogen-bond donors (Lipinski definition) is 2. The lowest BCUT2D eigenvalue weighted by Gasteiger charge is -2.24. The van der Waals surface area contributed by atoms with Gasteiger partial charge in [-0.3, -0.25) is 9.78 Å². The summed E-state index contributed by atoms with van der Waals surface area (Å²) >= 11 is 0. The number of Topliss-reactive ketones (excluding diaryl/α,β-unsaturated/α-hetero) is 1. The molecular weight excluding hydrogens is 306 g/mol. The van der Waals surface area contributed by atoms with Crippen molar-refractivity contribution < 1.29 is 14.3 Å². The van der Waals surface area contributed by atoms with Crippen LogP contribution in [0.1, 0.15) is 15.9 Å². The number of H-pyrrole nitrogens is 1. The van der Waals surface area contributed by atoms with E-state index < -0.39 is 17.3 Å². The molecule has 2 heterocycles. The maximum atomic E-state index is 12.9. The number of methoxy groups -OCH3 is 1. The summed E-state index contributed by atoms with van der Waals surface area (Å²) in [5.41, 5.74) is 6.38. The molecule has 3 N–H and O–H groups in total. The predicted molar refractivity (Wildman–Crippen MR) is 89.5 cm³/mol. The number of aromatic nitrogens is 2. The van der Waals surface area contributed by atoms with E-state index in [-0.39, 0.29) is 12.0 Å². The summed E-state index contributed by atoms with van der Waals surface area (Å²) in [5.74, 6) is -1.30. The Balaban J connectivity index is 2.03. The normalized spacial score (nSPS) is 13.4. The van der Waals surface area contributed by atoms with Crippen LogP contribution in [0.15, 0.2) is 55.0 Å². The molecule has 0 radical (unpaired) electrons. The molecule has 1 atom stereocenters. The van der Waals surface area contributed by atoms with Crippen LogP contribution in [0, 0.1) is 0 Å². The topological polar surface area (TPSA) is 98.1 Å². The summed E-state index contributed by atoms with van der Waals surface area (Å²) in [6.07, 6.45) is 4.72. The van der Waals surface area contributed by atoms with E-state index >= 15 is 0 Å². The SMILES string of the molecule is COC(=O)C(N)(Cc1c[nH]c2ccccc12)C(=O)c1cccnc1. The molecule has 0 bridgehead atoms. The van der Waals surface area contributed by atoms with Gasteiger partial charge < -0.3 is 15.5 Å². The monoisotopic (exact) mass is 323 g/mol. The molecule has 3 rings (SSSR count). The molecule has 6 nitrogen and oxygen atoms in total. The standard InChI is InChI=1S/C18H17N3O3/c1-24-17(23)18(19,16(22)12-5-4-8-20-10-12)9-13-11-21-15-7-3-2-6-14(13)15/h2-8,10-11,21H,9,19H2,1H3. The Labute approximate surface area is 138 Å². The molecule has 1 unspecified atom stereocenters. The number of ether oxygens (including phenoxy) is 1. The number of nitrogens with one attached hydrogen (secondary N) is 1. The summed E-state index contributed by atoms with van der Waals surface area (Å²) in [6.45, 7) is 0. The van der Waals surface area contributed by atoms with Gasteiger partial charge in [-0.2, -0.15) is 0 Å². The summed E-state index contributed by atoms with van der Waals surface area (Å²) in [6, 6.07) is 10.8. The Morgan fingerprint density at radius 1 is 1.25 bits per heavy atom. The Morgan fingerprint density at radius 3 is 2.75 bits per heavy atom. The van der Waals surface area contributed by atoms with E-state index in [2.05, 4.69) is 9.97 Å². The summed E-state index contributed by atoms with van der Waals surface area (Å²) in [4.78, 5) is 32.2. The maximum Gasteiger partial charge on any atom is 0.334 e. The maximum absolute atomic E-state index is 12.9. The van der Waals surface area contributed by atoms with Crippen molar-refractivity contribution in [2.45, 2.75) is 12.0 Å². The van der Waals surface area contributed by atoms with Crippen molar-refractivity contribution in [3.8, 4) is 0 Å². The third-order valence-electron chi connectivity index (χ3n) is 4.02. The highest BCUT2D eigenvalue weighted by Crippen LogP contribution is 2.24. The number of carbonyl (C=O) groups excluding carboxylic acids is 2. The molecule has 3 aromatic rings. The number of nitrogens with zero attached hydrogens (tertiary/aromatic N) is 1. The van der Waals surface area contributed by atoms with Gasteiger partial charge in [0, 0.05) is 41.5 Å². The van der Waals surface area contributed by atoms with Gasteiger partial charge in [0.05, 0.1) is 7.11 Å². The first-order valence-electron chi connectivity index (χ1n) is 7.43. The molecule has 0 saturated carbocycles. The van der Waals surface area contributed by atoms with Crippen LogP contribution < -0.4 is 5.73 Å². The van der Waals surface area contributed by atoms with Crippen LogP contribution in [0.5, 0.6) is 0 Å². The second kappa shape index (κ2) is 6.25. The van der Waals surface area contributed by atoms with Gasteiger partial charge in [-0.15, -0.1) is 0 Å². The average Bonchev–Trinajstić information content (AvgIpc) is 3.03. The molecule has 122 valence electrons. The molecule has 0 spiro atoms. The minimum Gasteiger partial charge on any atom is -0.467 e. The van der Waals surface area contributed by atoms with Crippen LogP contribution >= 0.6 is 0 Å². The molecule has 1 aromatic carbocycles. The number of pyridine rings is 1. The fourth-order valence-electron chi connectivity index (χ4n) is 2.76. The van der Waals surface area contributed by atoms with Crippen LogP contribution in [-0.4, -0.2) is 34.4 Å². The van der Waals surface area contributed by atoms with Gasteiger partial charge in [0.15, 0.2) is 11.3 Å². The number of aromatic amines is 1. The second-order valence-electron chi connectivity index (χ2n) is 5.57. The first kappa shape index (κ1) is 15.9. The number of rotatable bonds is 5. The Morgan fingerprint density at radius 2 is 2.04 bits per heavy atom. The number of nitrogens with two attached hydrogens (primary N) is 1. The van der Waals surface area contributed by atoms with Gasteiger partial charge in [0.25, 0.3) is 0 Å². The van der Waals surface area contributed by atoms with E-state index in [4.69, 9.17) is 10.5 Å². The number of carbonyl (C=O) groups is 2. The van der Waals surface area contributed by atoms with E-state index in [1.54, 1.807) is 24.5 Å². The molecule has 0 fully saturated rings. The van der Waals surface area contributed by atoms with Crippen molar-refractivity contribution in [3.63, 3.8) is 0 Å². The zero-order valence-electron chi connectivity index (χ0n) is 13.2. The molecule has 0 amide bonds. The molecule has 24 heavy (non-hydrogen) atoms. The van der Waals surface area contributed by atoms with Gasteiger partial charge in [0.1, 0.15) is 0 Å². The van der Waals surface area contributed by atoms with Crippen molar-refractivity contribution in [1.82, 2.24) is 9.97 Å².